The lowest BCUT2D eigenvalue weighted by atomic mass is 10.1. The van der Waals surface area contributed by atoms with Gasteiger partial charge in [0.15, 0.2) is 5.11 Å². The van der Waals surface area contributed by atoms with Crippen LogP contribution in [-0.2, 0) is 11.3 Å². The van der Waals surface area contributed by atoms with Gasteiger partial charge < -0.3 is 20.7 Å². The van der Waals surface area contributed by atoms with Crippen LogP contribution in [0.25, 0.3) is 0 Å². The molecule has 1 fully saturated rings. The fourth-order valence-electron chi connectivity index (χ4n) is 3.14. The second-order valence-electron chi connectivity index (χ2n) is 7.09. The van der Waals surface area contributed by atoms with Crippen molar-refractivity contribution in [1.29, 1.82) is 0 Å². The summed E-state index contributed by atoms with van der Waals surface area (Å²) in [6.07, 6.45) is 4.77. The van der Waals surface area contributed by atoms with Gasteiger partial charge >= 0.3 is 0 Å². The zero-order chi connectivity index (χ0) is 20.7. The zero-order valence-corrected chi connectivity index (χ0v) is 19.0. The fourth-order valence-corrected chi connectivity index (χ4v) is 3.92. The van der Waals surface area contributed by atoms with Crippen LogP contribution in [0.3, 0.4) is 0 Å². The summed E-state index contributed by atoms with van der Waals surface area (Å²) in [7, 11) is 1.78. The summed E-state index contributed by atoms with van der Waals surface area (Å²) < 4.78 is 5.86. The molecule has 1 aromatic rings. The Balaban J connectivity index is 1.52. The Morgan fingerprint density at radius 3 is 2.83 bits per heavy atom. The molecule has 1 amide bonds. The standard InChI is InChI=1S/C21H34N4O2S2/c1-22-21(28)24-10-14-29-17-20(26)23-9-6-13-27-19-8-5-7-18(15-19)16-25-11-3-2-4-12-25/h5,7-8,15H,2-4,6,9-14,16-17H2,1H3,(H,23,26)(H2,22,24,28). The number of amides is 1. The van der Waals surface area contributed by atoms with Crippen molar-refractivity contribution < 1.29 is 9.53 Å². The Hall–Kier alpha value is -1.51. The number of nitrogens with zero attached hydrogens (tertiary/aromatic N) is 1. The molecule has 0 aliphatic carbocycles. The lowest BCUT2D eigenvalue weighted by Crippen LogP contribution is -2.34. The van der Waals surface area contributed by atoms with E-state index in [-0.39, 0.29) is 5.91 Å². The molecule has 3 N–H and O–H groups in total. The summed E-state index contributed by atoms with van der Waals surface area (Å²) in [5.41, 5.74) is 1.31. The number of ether oxygens (including phenoxy) is 1. The SMILES string of the molecule is CNC(=S)NCCSCC(=O)NCCCOc1cccc(CN2CCCCC2)c1. The first-order valence-electron chi connectivity index (χ1n) is 10.4. The number of likely N-dealkylation sites (tertiary alicyclic amines) is 1. The third-order valence-electron chi connectivity index (χ3n) is 4.66. The van der Waals surface area contributed by atoms with Gasteiger partial charge in [-0.15, -0.1) is 0 Å². The van der Waals surface area contributed by atoms with E-state index in [4.69, 9.17) is 17.0 Å². The van der Waals surface area contributed by atoms with Gasteiger partial charge in [0.05, 0.1) is 12.4 Å². The molecule has 1 heterocycles. The fraction of sp³-hybridized carbons (Fsp3) is 0.619. The molecule has 162 valence electrons. The van der Waals surface area contributed by atoms with Gasteiger partial charge in [-0.3, -0.25) is 9.69 Å². The van der Waals surface area contributed by atoms with E-state index in [9.17, 15) is 4.79 Å². The largest absolute Gasteiger partial charge is 0.494 e. The van der Waals surface area contributed by atoms with E-state index in [0.29, 0.717) is 24.0 Å². The Labute approximate surface area is 184 Å². The number of rotatable bonds is 12. The molecule has 29 heavy (non-hydrogen) atoms. The van der Waals surface area contributed by atoms with Crippen LogP contribution in [-0.4, -0.2) is 67.3 Å². The van der Waals surface area contributed by atoms with Gasteiger partial charge in [0.1, 0.15) is 5.75 Å². The van der Waals surface area contributed by atoms with Crippen molar-refractivity contribution in [1.82, 2.24) is 20.9 Å². The second-order valence-corrected chi connectivity index (χ2v) is 8.61. The second kappa shape index (κ2) is 14.5. The molecular weight excluding hydrogens is 404 g/mol. The summed E-state index contributed by atoms with van der Waals surface area (Å²) >= 11 is 6.59. The predicted octanol–water partition coefficient (Wildman–Crippen LogP) is 2.38. The number of thiocarbonyl (C=S) groups is 1. The first-order chi connectivity index (χ1) is 14.2. The van der Waals surface area contributed by atoms with E-state index in [1.165, 1.54) is 37.9 Å². The van der Waals surface area contributed by atoms with Crippen LogP contribution >= 0.6 is 24.0 Å². The summed E-state index contributed by atoms with van der Waals surface area (Å²) in [6.45, 7) is 5.39. The van der Waals surface area contributed by atoms with Crippen molar-refractivity contribution in [2.24, 2.45) is 0 Å². The highest BCUT2D eigenvalue weighted by Crippen LogP contribution is 2.17. The van der Waals surface area contributed by atoms with E-state index in [1.807, 2.05) is 6.07 Å². The van der Waals surface area contributed by atoms with Crippen LogP contribution in [0.4, 0.5) is 0 Å². The summed E-state index contributed by atoms with van der Waals surface area (Å²) in [4.78, 5) is 14.3. The average molecular weight is 439 g/mol. The minimum atomic E-state index is 0.0646. The average Bonchev–Trinajstić information content (AvgIpc) is 2.74. The molecule has 1 aromatic carbocycles. The molecule has 0 bridgehead atoms. The number of thioether (sulfide) groups is 1. The van der Waals surface area contributed by atoms with Crippen LogP contribution in [0.5, 0.6) is 5.75 Å². The van der Waals surface area contributed by atoms with Crippen molar-refractivity contribution in [3.05, 3.63) is 29.8 Å². The molecule has 6 nitrogen and oxygen atoms in total. The highest BCUT2D eigenvalue weighted by molar-refractivity contribution is 7.99. The normalized spacial score (nSPS) is 14.2. The molecule has 8 heteroatoms. The van der Waals surface area contributed by atoms with E-state index in [2.05, 4.69) is 39.0 Å². The molecule has 0 aromatic heterocycles. The van der Waals surface area contributed by atoms with Crippen molar-refractivity contribution in [3.63, 3.8) is 0 Å². The van der Waals surface area contributed by atoms with Gasteiger partial charge in [-0.25, -0.2) is 0 Å². The number of nitrogens with one attached hydrogen (secondary N) is 3. The highest BCUT2D eigenvalue weighted by Gasteiger charge is 2.10. The third-order valence-corrected chi connectivity index (χ3v) is 5.97. The number of hydrogen-bond acceptors (Lipinski definition) is 5. The van der Waals surface area contributed by atoms with Crippen molar-refractivity contribution in [3.8, 4) is 5.75 Å². The minimum absolute atomic E-state index is 0.0646. The van der Waals surface area contributed by atoms with Crippen molar-refractivity contribution >= 4 is 35.0 Å². The Bertz CT molecular complexity index is 624. The summed E-state index contributed by atoms with van der Waals surface area (Å²) in [5.74, 6) is 2.28. The van der Waals surface area contributed by atoms with Gasteiger partial charge in [0, 0.05) is 32.4 Å². The van der Waals surface area contributed by atoms with Gasteiger partial charge in [-0.2, -0.15) is 11.8 Å². The number of piperidine rings is 1. The van der Waals surface area contributed by atoms with Crippen LogP contribution < -0.4 is 20.7 Å². The summed E-state index contributed by atoms with van der Waals surface area (Å²) in [6, 6.07) is 8.37. The Kier molecular flexibility index (Phi) is 11.9. The number of hydrogen-bond donors (Lipinski definition) is 3. The maximum absolute atomic E-state index is 11.8. The molecule has 0 atom stereocenters. The minimum Gasteiger partial charge on any atom is -0.494 e. The lowest BCUT2D eigenvalue weighted by Gasteiger charge is -2.26. The maximum Gasteiger partial charge on any atom is 0.229 e. The van der Waals surface area contributed by atoms with Crippen LogP contribution in [0, 0.1) is 0 Å². The smallest absolute Gasteiger partial charge is 0.229 e. The zero-order valence-electron chi connectivity index (χ0n) is 17.4. The molecule has 2 rings (SSSR count). The predicted molar refractivity (Wildman–Crippen MR) is 126 cm³/mol. The molecule has 1 aliphatic rings. The first kappa shape index (κ1) is 23.8. The van der Waals surface area contributed by atoms with Gasteiger partial charge in [-0.1, -0.05) is 18.6 Å². The van der Waals surface area contributed by atoms with Crippen LogP contribution in [0.2, 0.25) is 0 Å². The molecule has 0 radical (unpaired) electrons. The Morgan fingerprint density at radius 1 is 1.21 bits per heavy atom. The molecule has 1 aliphatic heterocycles. The van der Waals surface area contributed by atoms with Crippen LogP contribution in [0.1, 0.15) is 31.2 Å². The molecule has 0 spiro atoms. The van der Waals surface area contributed by atoms with Crippen LogP contribution in [0.15, 0.2) is 24.3 Å². The topological polar surface area (TPSA) is 65.6 Å². The van der Waals surface area contributed by atoms with Crippen molar-refractivity contribution in [2.45, 2.75) is 32.2 Å². The number of benzene rings is 1. The lowest BCUT2D eigenvalue weighted by molar-refractivity contribution is -0.118. The Morgan fingerprint density at radius 2 is 2.03 bits per heavy atom. The molecular formula is C21H34N4O2S2. The molecule has 0 unspecified atom stereocenters. The quantitative estimate of drug-likeness (QED) is 0.342. The van der Waals surface area contributed by atoms with Gasteiger partial charge in [-0.05, 0) is 62.3 Å². The molecule has 0 saturated carbocycles. The van der Waals surface area contributed by atoms with E-state index in [0.717, 1.165) is 31.0 Å². The van der Waals surface area contributed by atoms with E-state index < -0.39 is 0 Å². The maximum atomic E-state index is 11.8. The van der Waals surface area contributed by atoms with Gasteiger partial charge in [0.2, 0.25) is 5.91 Å². The first-order valence-corrected chi connectivity index (χ1v) is 12.0. The van der Waals surface area contributed by atoms with E-state index >= 15 is 0 Å². The van der Waals surface area contributed by atoms with E-state index in [1.54, 1.807) is 18.8 Å². The highest BCUT2D eigenvalue weighted by atomic mass is 32.2. The number of carbonyl (C=O) groups excluding carboxylic acids is 1. The monoisotopic (exact) mass is 438 g/mol. The third kappa shape index (κ3) is 10.7. The van der Waals surface area contributed by atoms with Crippen molar-refractivity contribution in [2.75, 3.05) is 51.3 Å². The number of carbonyl (C=O) groups is 1. The summed E-state index contributed by atoms with van der Waals surface area (Å²) in [5, 5.41) is 9.48. The van der Waals surface area contributed by atoms with Gasteiger partial charge in [0.25, 0.3) is 0 Å². The molecule has 1 saturated heterocycles.